The molecule has 1 aromatic carbocycles. The lowest BCUT2D eigenvalue weighted by molar-refractivity contribution is 0.703. The monoisotopic (exact) mass is 281 g/mol. The number of fused-ring (bicyclic) bond motifs is 1. The van der Waals surface area contributed by atoms with Crippen LogP contribution in [0.1, 0.15) is 35.5 Å². The first-order valence-electron chi connectivity index (χ1n) is 7.68. The fourth-order valence-electron chi connectivity index (χ4n) is 3.33. The lowest BCUT2D eigenvalue weighted by Gasteiger charge is -2.16. The predicted octanol–water partition coefficient (Wildman–Crippen LogP) is 1.54. The minimum atomic E-state index is -0.0603. The summed E-state index contributed by atoms with van der Waals surface area (Å²) in [6.45, 7) is 1.77. The van der Waals surface area contributed by atoms with E-state index < -0.39 is 0 Å². The van der Waals surface area contributed by atoms with Gasteiger partial charge in [-0.25, -0.2) is 4.98 Å². The van der Waals surface area contributed by atoms with Crippen LogP contribution in [0.4, 0.5) is 0 Å². The molecule has 4 rings (SSSR count). The van der Waals surface area contributed by atoms with E-state index in [-0.39, 0.29) is 11.0 Å². The Balaban J connectivity index is 1.82. The van der Waals surface area contributed by atoms with Crippen LogP contribution in [0.15, 0.2) is 35.1 Å². The van der Waals surface area contributed by atoms with Crippen molar-refractivity contribution in [1.82, 2.24) is 15.3 Å². The quantitative estimate of drug-likeness (QED) is 0.878. The zero-order valence-corrected chi connectivity index (χ0v) is 12.0. The first kappa shape index (κ1) is 12.8. The highest BCUT2D eigenvalue weighted by Gasteiger charge is 2.48. The predicted molar refractivity (Wildman–Crippen MR) is 81.6 cm³/mol. The smallest absolute Gasteiger partial charge is 0.254 e. The number of aromatic nitrogens is 2. The van der Waals surface area contributed by atoms with Gasteiger partial charge in [0.2, 0.25) is 0 Å². The van der Waals surface area contributed by atoms with Gasteiger partial charge in [0.1, 0.15) is 5.82 Å². The van der Waals surface area contributed by atoms with E-state index in [0.29, 0.717) is 0 Å². The van der Waals surface area contributed by atoms with Gasteiger partial charge in [-0.3, -0.25) is 4.79 Å². The molecule has 0 saturated heterocycles. The number of nitrogens with zero attached hydrogens (tertiary/aromatic N) is 1. The van der Waals surface area contributed by atoms with Gasteiger partial charge in [0, 0.05) is 18.5 Å². The zero-order chi connectivity index (χ0) is 14.3. The summed E-state index contributed by atoms with van der Waals surface area (Å²) in [6, 6.07) is 10.4. The maximum absolute atomic E-state index is 12.4. The van der Waals surface area contributed by atoms with Gasteiger partial charge in [-0.15, -0.1) is 0 Å². The molecular formula is C17H19N3O. The van der Waals surface area contributed by atoms with Crippen molar-refractivity contribution in [2.24, 2.45) is 0 Å². The number of benzene rings is 1. The second kappa shape index (κ2) is 4.81. The molecule has 0 atom stereocenters. The molecule has 1 aromatic heterocycles. The first-order chi connectivity index (χ1) is 10.3. The van der Waals surface area contributed by atoms with Crippen molar-refractivity contribution in [1.29, 1.82) is 0 Å². The van der Waals surface area contributed by atoms with E-state index >= 15 is 0 Å². The van der Waals surface area contributed by atoms with E-state index in [9.17, 15) is 4.79 Å². The van der Waals surface area contributed by atoms with Gasteiger partial charge in [0.15, 0.2) is 0 Å². The van der Waals surface area contributed by atoms with Gasteiger partial charge in [-0.1, -0.05) is 30.3 Å². The lowest BCUT2D eigenvalue weighted by atomic mass is 9.94. The van der Waals surface area contributed by atoms with Crippen molar-refractivity contribution in [2.75, 3.05) is 13.1 Å². The Morgan fingerprint density at radius 2 is 1.81 bits per heavy atom. The molecule has 2 aromatic rings. The maximum Gasteiger partial charge on any atom is 0.254 e. The second-order valence-corrected chi connectivity index (χ2v) is 6.04. The van der Waals surface area contributed by atoms with Crippen LogP contribution < -0.4 is 10.9 Å². The standard InChI is InChI=1S/C17H19N3O/c21-15-13-6-10-18-11-7-14(13)19-16(20-15)17(8-9-17)12-4-2-1-3-5-12/h1-5,18H,6-11H2,(H,19,20,21). The maximum atomic E-state index is 12.4. The molecule has 0 amide bonds. The summed E-state index contributed by atoms with van der Waals surface area (Å²) in [5.74, 6) is 0.861. The molecule has 4 heteroatoms. The van der Waals surface area contributed by atoms with Crippen LogP contribution in [-0.2, 0) is 18.3 Å². The molecule has 1 aliphatic heterocycles. The van der Waals surface area contributed by atoms with Crippen LogP contribution >= 0.6 is 0 Å². The van der Waals surface area contributed by atoms with E-state index in [1.807, 2.05) is 6.07 Å². The molecule has 0 bridgehead atoms. The highest BCUT2D eigenvalue weighted by Crippen LogP contribution is 2.51. The third kappa shape index (κ3) is 2.10. The number of rotatable bonds is 2. The van der Waals surface area contributed by atoms with Crippen LogP contribution in [0.25, 0.3) is 0 Å². The molecule has 108 valence electrons. The summed E-state index contributed by atoms with van der Waals surface area (Å²) in [5.41, 5.74) is 3.11. The molecule has 2 heterocycles. The van der Waals surface area contributed by atoms with Gasteiger partial charge < -0.3 is 10.3 Å². The average molecular weight is 281 g/mol. The van der Waals surface area contributed by atoms with E-state index in [4.69, 9.17) is 4.98 Å². The first-order valence-corrected chi connectivity index (χ1v) is 7.68. The Morgan fingerprint density at radius 3 is 2.57 bits per heavy atom. The molecule has 1 saturated carbocycles. The third-order valence-corrected chi connectivity index (χ3v) is 4.72. The number of H-pyrrole nitrogens is 1. The second-order valence-electron chi connectivity index (χ2n) is 6.04. The molecule has 0 spiro atoms. The van der Waals surface area contributed by atoms with Crippen LogP contribution in [0.3, 0.4) is 0 Å². The number of hydrogen-bond donors (Lipinski definition) is 2. The van der Waals surface area contributed by atoms with Gasteiger partial charge in [-0.05, 0) is 31.4 Å². The highest BCUT2D eigenvalue weighted by atomic mass is 16.1. The van der Waals surface area contributed by atoms with E-state index in [1.165, 1.54) is 5.56 Å². The molecule has 2 aliphatic rings. The fraction of sp³-hybridized carbons (Fsp3) is 0.412. The van der Waals surface area contributed by atoms with Crippen LogP contribution in [0.2, 0.25) is 0 Å². The Morgan fingerprint density at radius 1 is 1.05 bits per heavy atom. The molecule has 4 nitrogen and oxygen atoms in total. The molecular weight excluding hydrogens is 262 g/mol. The van der Waals surface area contributed by atoms with Gasteiger partial charge in [-0.2, -0.15) is 0 Å². The van der Waals surface area contributed by atoms with Crippen molar-refractivity contribution in [2.45, 2.75) is 31.1 Å². The van der Waals surface area contributed by atoms with Crippen molar-refractivity contribution in [3.8, 4) is 0 Å². The molecule has 1 fully saturated rings. The summed E-state index contributed by atoms with van der Waals surface area (Å²) in [4.78, 5) is 20.3. The third-order valence-electron chi connectivity index (χ3n) is 4.72. The SMILES string of the molecule is O=c1[nH]c(C2(c3ccccc3)CC2)nc2c1CCNCC2. The van der Waals surface area contributed by atoms with Gasteiger partial charge >= 0.3 is 0 Å². The van der Waals surface area contributed by atoms with E-state index in [1.54, 1.807) is 0 Å². The van der Waals surface area contributed by atoms with Crippen molar-refractivity contribution >= 4 is 0 Å². The lowest BCUT2D eigenvalue weighted by Crippen LogP contribution is -2.25. The Labute approximate surface area is 123 Å². The largest absolute Gasteiger partial charge is 0.316 e. The fourth-order valence-corrected chi connectivity index (χ4v) is 3.33. The Bertz CT molecular complexity index is 717. The molecule has 21 heavy (non-hydrogen) atoms. The minimum Gasteiger partial charge on any atom is -0.316 e. The summed E-state index contributed by atoms with van der Waals surface area (Å²) in [7, 11) is 0. The minimum absolute atomic E-state index is 0.0564. The van der Waals surface area contributed by atoms with Crippen LogP contribution in [0, 0.1) is 0 Å². The van der Waals surface area contributed by atoms with E-state index in [0.717, 1.165) is 55.9 Å². The van der Waals surface area contributed by atoms with Crippen molar-refractivity contribution < 1.29 is 0 Å². The van der Waals surface area contributed by atoms with Gasteiger partial charge in [0.05, 0.1) is 11.1 Å². The summed E-state index contributed by atoms with van der Waals surface area (Å²) < 4.78 is 0. The summed E-state index contributed by atoms with van der Waals surface area (Å²) in [5, 5.41) is 3.33. The zero-order valence-electron chi connectivity index (χ0n) is 12.0. The summed E-state index contributed by atoms with van der Waals surface area (Å²) in [6.07, 6.45) is 3.75. The Kier molecular flexibility index (Phi) is 2.93. The highest BCUT2D eigenvalue weighted by molar-refractivity contribution is 5.40. The number of nitrogens with one attached hydrogen (secondary N) is 2. The topological polar surface area (TPSA) is 57.8 Å². The van der Waals surface area contributed by atoms with Gasteiger partial charge in [0.25, 0.3) is 5.56 Å². The molecule has 1 aliphatic carbocycles. The number of hydrogen-bond acceptors (Lipinski definition) is 3. The van der Waals surface area contributed by atoms with Crippen molar-refractivity contribution in [3.63, 3.8) is 0 Å². The van der Waals surface area contributed by atoms with Crippen LogP contribution in [0.5, 0.6) is 0 Å². The number of aromatic amines is 1. The summed E-state index contributed by atoms with van der Waals surface area (Å²) >= 11 is 0. The molecule has 0 unspecified atom stereocenters. The molecule has 0 radical (unpaired) electrons. The van der Waals surface area contributed by atoms with Crippen LogP contribution in [-0.4, -0.2) is 23.1 Å². The normalized spacial score (nSPS) is 19.6. The Hall–Kier alpha value is -1.94. The van der Waals surface area contributed by atoms with E-state index in [2.05, 4.69) is 34.6 Å². The van der Waals surface area contributed by atoms with Crippen molar-refractivity contribution in [3.05, 3.63) is 63.3 Å². The molecule has 2 N–H and O–H groups in total. The average Bonchev–Trinajstić information content (AvgIpc) is 3.33.